The van der Waals surface area contributed by atoms with Crippen molar-refractivity contribution in [3.05, 3.63) is 65.2 Å². The highest BCUT2D eigenvalue weighted by Gasteiger charge is 2.01. The molecule has 2 aromatic rings. The third kappa shape index (κ3) is 3.11. The van der Waals surface area contributed by atoms with Crippen molar-refractivity contribution >= 4 is 0 Å². The van der Waals surface area contributed by atoms with Gasteiger partial charge in [0.15, 0.2) is 0 Å². The Bertz CT molecular complexity index is 508. The lowest BCUT2D eigenvalue weighted by Gasteiger charge is -2.10. The number of benzene rings is 2. The van der Waals surface area contributed by atoms with Gasteiger partial charge in [-0.15, -0.1) is 0 Å². The molecule has 2 heteroatoms. The molecule has 2 nitrogen and oxygen atoms in total. The number of methoxy groups -OCH3 is 1. The Morgan fingerprint density at radius 3 is 2.22 bits per heavy atom. The zero-order valence-corrected chi connectivity index (χ0v) is 10.9. The lowest BCUT2D eigenvalue weighted by molar-refractivity contribution is 0.407. The second kappa shape index (κ2) is 6.22. The SMILES string of the molecule is COc1ccccc1CNCc1ccccc1C. The summed E-state index contributed by atoms with van der Waals surface area (Å²) in [5, 5.41) is 3.45. The Balaban J connectivity index is 1.95. The highest BCUT2D eigenvalue weighted by atomic mass is 16.5. The fraction of sp³-hybridized carbons (Fsp3) is 0.250. The number of ether oxygens (including phenoxy) is 1. The average Bonchev–Trinajstić information content (AvgIpc) is 2.41. The summed E-state index contributed by atoms with van der Waals surface area (Å²) < 4.78 is 5.33. The summed E-state index contributed by atoms with van der Waals surface area (Å²) in [6, 6.07) is 16.5. The van der Waals surface area contributed by atoms with Crippen LogP contribution in [0.5, 0.6) is 5.75 Å². The van der Waals surface area contributed by atoms with Crippen LogP contribution < -0.4 is 10.1 Å². The summed E-state index contributed by atoms with van der Waals surface area (Å²) >= 11 is 0. The lowest BCUT2D eigenvalue weighted by atomic mass is 10.1. The van der Waals surface area contributed by atoms with Crippen molar-refractivity contribution in [3.63, 3.8) is 0 Å². The molecule has 0 unspecified atom stereocenters. The van der Waals surface area contributed by atoms with E-state index in [2.05, 4.69) is 42.6 Å². The van der Waals surface area contributed by atoms with Gasteiger partial charge in [0, 0.05) is 18.7 Å². The summed E-state index contributed by atoms with van der Waals surface area (Å²) in [4.78, 5) is 0. The molecular formula is C16H19NO. The molecule has 18 heavy (non-hydrogen) atoms. The minimum absolute atomic E-state index is 0.818. The van der Waals surface area contributed by atoms with Crippen molar-refractivity contribution in [2.24, 2.45) is 0 Å². The molecule has 94 valence electrons. The van der Waals surface area contributed by atoms with Crippen LogP contribution in [0, 0.1) is 6.92 Å². The first-order valence-corrected chi connectivity index (χ1v) is 6.18. The van der Waals surface area contributed by atoms with Crippen LogP contribution in [-0.4, -0.2) is 7.11 Å². The van der Waals surface area contributed by atoms with Crippen LogP contribution in [0.4, 0.5) is 0 Å². The second-order valence-electron chi connectivity index (χ2n) is 4.34. The molecule has 0 aromatic heterocycles. The Kier molecular flexibility index (Phi) is 4.37. The average molecular weight is 241 g/mol. The number of rotatable bonds is 5. The lowest BCUT2D eigenvalue weighted by Crippen LogP contribution is -2.14. The van der Waals surface area contributed by atoms with E-state index in [1.54, 1.807) is 7.11 Å². The third-order valence-electron chi connectivity index (χ3n) is 3.08. The zero-order valence-electron chi connectivity index (χ0n) is 10.9. The van der Waals surface area contributed by atoms with E-state index in [-0.39, 0.29) is 0 Å². The van der Waals surface area contributed by atoms with Gasteiger partial charge >= 0.3 is 0 Å². The Hall–Kier alpha value is -1.80. The van der Waals surface area contributed by atoms with Crippen LogP contribution in [0.2, 0.25) is 0 Å². The van der Waals surface area contributed by atoms with Crippen LogP contribution in [0.25, 0.3) is 0 Å². The van der Waals surface area contributed by atoms with Gasteiger partial charge in [0.1, 0.15) is 5.75 Å². The van der Waals surface area contributed by atoms with Gasteiger partial charge in [-0.1, -0.05) is 42.5 Å². The van der Waals surface area contributed by atoms with Crippen molar-refractivity contribution in [2.45, 2.75) is 20.0 Å². The first kappa shape index (κ1) is 12.7. The maximum Gasteiger partial charge on any atom is 0.123 e. The minimum Gasteiger partial charge on any atom is -0.496 e. The summed E-state index contributed by atoms with van der Waals surface area (Å²) in [5.74, 6) is 0.940. The van der Waals surface area contributed by atoms with E-state index in [0.717, 1.165) is 18.8 Å². The normalized spacial score (nSPS) is 10.3. The molecule has 0 aliphatic heterocycles. The van der Waals surface area contributed by atoms with E-state index in [0.29, 0.717) is 0 Å². The molecular weight excluding hydrogens is 222 g/mol. The number of hydrogen-bond donors (Lipinski definition) is 1. The molecule has 0 saturated carbocycles. The third-order valence-corrected chi connectivity index (χ3v) is 3.08. The van der Waals surface area contributed by atoms with Crippen LogP contribution in [-0.2, 0) is 13.1 Å². The maximum absolute atomic E-state index is 5.33. The van der Waals surface area contributed by atoms with Crippen molar-refractivity contribution in [3.8, 4) is 5.75 Å². The maximum atomic E-state index is 5.33. The highest BCUT2D eigenvalue weighted by Crippen LogP contribution is 2.17. The first-order valence-electron chi connectivity index (χ1n) is 6.18. The monoisotopic (exact) mass is 241 g/mol. The molecule has 0 heterocycles. The molecule has 0 aliphatic carbocycles. The molecule has 0 radical (unpaired) electrons. The van der Waals surface area contributed by atoms with Crippen molar-refractivity contribution in [2.75, 3.05) is 7.11 Å². The van der Waals surface area contributed by atoms with Gasteiger partial charge in [-0.05, 0) is 24.1 Å². The summed E-state index contributed by atoms with van der Waals surface area (Å²) in [6.45, 7) is 3.84. The molecule has 0 saturated heterocycles. The molecule has 0 amide bonds. The minimum atomic E-state index is 0.818. The standard InChI is InChI=1S/C16H19NO/c1-13-7-3-4-8-14(13)11-17-12-15-9-5-6-10-16(15)18-2/h3-10,17H,11-12H2,1-2H3. The van der Waals surface area contributed by atoms with Crippen LogP contribution >= 0.6 is 0 Å². The fourth-order valence-electron chi connectivity index (χ4n) is 1.99. The fourth-order valence-corrected chi connectivity index (χ4v) is 1.99. The number of aryl methyl sites for hydroxylation is 1. The van der Waals surface area contributed by atoms with Gasteiger partial charge in [-0.25, -0.2) is 0 Å². The highest BCUT2D eigenvalue weighted by molar-refractivity contribution is 5.33. The predicted octanol–water partition coefficient (Wildman–Crippen LogP) is 3.29. The summed E-state index contributed by atoms with van der Waals surface area (Å²) in [5.41, 5.74) is 3.85. The van der Waals surface area contributed by atoms with E-state index in [4.69, 9.17) is 4.74 Å². The topological polar surface area (TPSA) is 21.3 Å². The number of para-hydroxylation sites is 1. The smallest absolute Gasteiger partial charge is 0.123 e. The molecule has 2 aromatic carbocycles. The van der Waals surface area contributed by atoms with E-state index < -0.39 is 0 Å². The zero-order chi connectivity index (χ0) is 12.8. The molecule has 0 bridgehead atoms. The van der Waals surface area contributed by atoms with Crippen molar-refractivity contribution in [1.29, 1.82) is 0 Å². The van der Waals surface area contributed by atoms with Crippen molar-refractivity contribution < 1.29 is 4.74 Å². The Labute approximate surface area is 109 Å². The second-order valence-corrected chi connectivity index (χ2v) is 4.34. The van der Waals surface area contributed by atoms with Gasteiger partial charge in [0.05, 0.1) is 7.11 Å². The van der Waals surface area contributed by atoms with E-state index in [1.165, 1.54) is 16.7 Å². The van der Waals surface area contributed by atoms with Crippen LogP contribution in [0.1, 0.15) is 16.7 Å². The molecule has 0 fully saturated rings. The van der Waals surface area contributed by atoms with Gasteiger partial charge in [-0.3, -0.25) is 0 Å². The van der Waals surface area contributed by atoms with E-state index >= 15 is 0 Å². The molecule has 1 N–H and O–H groups in total. The largest absolute Gasteiger partial charge is 0.496 e. The Morgan fingerprint density at radius 1 is 0.889 bits per heavy atom. The summed E-state index contributed by atoms with van der Waals surface area (Å²) in [7, 11) is 1.71. The van der Waals surface area contributed by atoms with E-state index in [9.17, 15) is 0 Å². The van der Waals surface area contributed by atoms with Gasteiger partial charge < -0.3 is 10.1 Å². The number of nitrogens with one attached hydrogen (secondary N) is 1. The van der Waals surface area contributed by atoms with E-state index in [1.807, 2.05) is 18.2 Å². The Morgan fingerprint density at radius 2 is 1.50 bits per heavy atom. The van der Waals surface area contributed by atoms with Crippen LogP contribution in [0.3, 0.4) is 0 Å². The molecule has 0 spiro atoms. The summed E-state index contributed by atoms with van der Waals surface area (Å²) in [6.07, 6.45) is 0. The quantitative estimate of drug-likeness (QED) is 0.867. The molecule has 2 rings (SSSR count). The van der Waals surface area contributed by atoms with Crippen molar-refractivity contribution in [1.82, 2.24) is 5.32 Å². The van der Waals surface area contributed by atoms with Gasteiger partial charge in [0.25, 0.3) is 0 Å². The predicted molar refractivity (Wildman–Crippen MR) is 74.7 cm³/mol. The van der Waals surface area contributed by atoms with Gasteiger partial charge in [-0.2, -0.15) is 0 Å². The first-order chi connectivity index (χ1) is 8.81. The van der Waals surface area contributed by atoms with Crippen LogP contribution in [0.15, 0.2) is 48.5 Å². The molecule has 0 aliphatic rings. The molecule has 0 atom stereocenters. The van der Waals surface area contributed by atoms with Gasteiger partial charge in [0.2, 0.25) is 0 Å². The number of hydrogen-bond acceptors (Lipinski definition) is 2.